The van der Waals surface area contributed by atoms with Crippen molar-refractivity contribution >= 4 is 33.2 Å². The van der Waals surface area contributed by atoms with E-state index in [0.717, 1.165) is 28.3 Å². The second-order valence-electron chi connectivity index (χ2n) is 7.32. The summed E-state index contributed by atoms with van der Waals surface area (Å²) in [6.07, 6.45) is 1.84. The molecule has 2 rings (SSSR count). The van der Waals surface area contributed by atoms with Gasteiger partial charge in [0.2, 0.25) is 10.0 Å². The molecule has 0 saturated heterocycles. The molecule has 0 aromatic heterocycles. The van der Waals surface area contributed by atoms with Gasteiger partial charge in [-0.25, -0.2) is 8.42 Å². The quantitative estimate of drug-likeness (QED) is 0.668. The van der Waals surface area contributed by atoms with Crippen molar-refractivity contribution in [2.45, 2.75) is 26.3 Å². The lowest BCUT2D eigenvalue weighted by Gasteiger charge is -2.23. The van der Waals surface area contributed by atoms with Gasteiger partial charge in [-0.1, -0.05) is 37.6 Å². The molecule has 0 saturated carbocycles. The van der Waals surface area contributed by atoms with Gasteiger partial charge in [-0.15, -0.1) is 0 Å². The Balaban J connectivity index is 2.33. The van der Waals surface area contributed by atoms with Crippen LogP contribution in [0, 0.1) is 5.92 Å². The third kappa shape index (κ3) is 6.11. The predicted octanol–water partition coefficient (Wildman–Crippen LogP) is 4.26. The molecule has 8 heteroatoms. The van der Waals surface area contributed by atoms with Gasteiger partial charge < -0.3 is 10.1 Å². The fourth-order valence-corrected chi connectivity index (χ4v) is 3.60. The molecular weight excluding hydrogens is 412 g/mol. The van der Waals surface area contributed by atoms with E-state index in [1.807, 2.05) is 24.3 Å². The Hall–Kier alpha value is -2.25. The van der Waals surface area contributed by atoms with E-state index in [-0.39, 0.29) is 22.5 Å². The van der Waals surface area contributed by atoms with Gasteiger partial charge in [0.25, 0.3) is 5.91 Å². The van der Waals surface area contributed by atoms with Crippen molar-refractivity contribution in [3.8, 4) is 5.75 Å². The number of anilines is 1. The molecule has 29 heavy (non-hydrogen) atoms. The summed E-state index contributed by atoms with van der Waals surface area (Å²) in [7, 11) is -0.421. The summed E-state index contributed by atoms with van der Waals surface area (Å²) in [5, 5.41) is 3.29. The maximum absolute atomic E-state index is 13.0. The van der Waals surface area contributed by atoms with Crippen molar-refractivity contribution in [3.63, 3.8) is 0 Å². The number of hydrogen-bond donors (Lipinski definition) is 1. The van der Waals surface area contributed by atoms with E-state index < -0.39 is 10.0 Å². The number of carbonyl (C=O) groups is 1. The highest BCUT2D eigenvalue weighted by atomic mass is 35.5. The van der Waals surface area contributed by atoms with Gasteiger partial charge in [-0.2, -0.15) is 0 Å². The third-order valence-corrected chi connectivity index (χ3v) is 6.12. The van der Waals surface area contributed by atoms with Crippen molar-refractivity contribution in [2.24, 2.45) is 5.92 Å². The van der Waals surface area contributed by atoms with Gasteiger partial charge in [0.1, 0.15) is 5.75 Å². The number of nitrogens with one attached hydrogen (secondary N) is 1. The van der Waals surface area contributed by atoms with Crippen molar-refractivity contribution < 1.29 is 17.9 Å². The average molecular weight is 439 g/mol. The number of methoxy groups -OCH3 is 1. The second kappa shape index (κ2) is 9.50. The van der Waals surface area contributed by atoms with E-state index >= 15 is 0 Å². The maximum Gasteiger partial charge on any atom is 0.253 e. The minimum absolute atomic E-state index is 0.222. The van der Waals surface area contributed by atoms with E-state index in [1.165, 1.54) is 19.2 Å². The molecule has 0 bridgehead atoms. The highest BCUT2D eigenvalue weighted by Gasteiger charge is 2.21. The number of halogens is 1. The number of hydrogen-bond acceptors (Lipinski definition) is 4. The largest absolute Gasteiger partial charge is 0.497 e. The minimum Gasteiger partial charge on any atom is -0.497 e. The molecule has 1 N–H and O–H groups in total. The van der Waals surface area contributed by atoms with Crippen LogP contribution in [0.3, 0.4) is 0 Å². The number of benzene rings is 2. The van der Waals surface area contributed by atoms with E-state index in [2.05, 4.69) is 19.2 Å². The number of rotatable bonds is 8. The summed E-state index contributed by atoms with van der Waals surface area (Å²) in [6.45, 7) is 4.16. The summed E-state index contributed by atoms with van der Waals surface area (Å²) in [5.74, 6) is 0.726. The molecule has 158 valence electrons. The monoisotopic (exact) mass is 438 g/mol. The molecule has 0 radical (unpaired) electrons. The molecule has 0 aliphatic carbocycles. The molecule has 0 spiro atoms. The summed E-state index contributed by atoms with van der Waals surface area (Å²) in [5.41, 5.74) is 1.54. The summed E-state index contributed by atoms with van der Waals surface area (Å²) >= 11 is 6.24. The van der Waals surface area contributed by atoms with E-state index in [9.17, 15) is 13.2 Å². The second-order valence-corrected chi connectivity index (χ2v) is 9.74. The predicted molar refractivity (Wildman–Crippen MR) is 117 cm³/mol. The maximum atomic E-state index is 13.0. The highest BCUT2D eigenvalue weighted by molar-refractivity contribution is 7.92. The molecule has 6 nitrogen and oxygen atoms in total. The van der Waals surface area contributed by atoms with Crippen molar-refractivity contribution in [2.75, 3.05) is 24.7 Å². The standard InChI is InChI=1S/C21H27ClN2O4S/c1-14(2)12-20(15-6-9-17(28-4)10-7-15)23-21(25)18-13-16(8-11-19(18)22)24(3)29(5,26)27/h6-11,13-14,20H,12H2,1-5H3,(H,23,25)/t20-/m0/s1. The minimum atomic E-state index is -3.45. The van der Waals surface area contributed by atoms with Crippen LogP contribution in [0.4, 0.5) is 5.69 Å². The first-order valence-electron chi connectivity index (χ1n) is 9.21. The summed E-state index contributed by atoms with van der Waals surface area (Å²) in [4.78, 5) is 13.0. The van der Waals surface area contributed by atoms with Gasteiger partial charge in [0.05, 0.1) is 35.7 Å². The lowest BCUT2D eigenvalue weighted by atomic mass is 9.96. The van der Waals surface area contributed by atoms with Crippen LogP contribution in [0.15, 0.2) is 42.5 Å². The molecule has 0 fully saturated rings. The third-order valence-electron chi connectivity index (χ3n) is 4.59. The molecule has 0 heterocycles. The van der Waals surface area contributed by atoms with Crippen LogP contribution in [0.25, 0.3) is 0 Å². The normalized spacial score (nSPS) is 12.5. The Morgan fingerprint density at radius 2 is 1.79 bits per heavy atom. The molecule has 2 aromatic carbocycles. The van der Waals surface area contributed by atoms with Crippen LogP contribution in [-0.2, 0) is 10.0 Å². The van der Waals surface area contributed by atoms with Crippen LogP contribution in [0.5, 0.6) is 5.75 Å². The van der Waals surface area contributed by atoms with Gasteiger partial charge in [-0.3, -0.25) is 9.10 Å². The topological polar surface area (TPSA) is 75.7 Å². The highest BCUT2D eigenvalue weighted by Crippen LogP contribution is 2.27. The first-order valence-corrected chi connectivity index (χ1v) is 11.4. The number of ether oxygens (including phenoxy) is 1. The molecule has 2 aromatic rings. The van der Waals surface area contributed by atoms with Gasteiger partial charge >= 0.3 is 0 Å². The first-order chi connectivity index (χ1) is 13.5. The molecule has 1 atom stereocenters. The van der Waals surface area contributed by atoms with Crippen LogP contribution < -0.4 is 14.4 Å². The molecule has 1 amide bonds. The SMILES string of the molecule is COc1ccc([C@H](CC(C)C)NC(=O)c2cc(N(C)S(C)(=O)=O)ccc2Cl)cc1. The average Bonchev–Trinajstić information content (AvgIpc) is 2.66. The number of sulfonamides is 1. The fourth-order valence-electron chi connectivity index (χ4n) is 2.90. The Morgan fingerprint density at radius 1 is 1.17 bits per heavy atom. The Morgan fingerprint density at radius 3 is 2.31 bits per heavy atom. The number of amides is 1. The summed E-state index contributed by atoms with van der Waals surface area (Å²) in [6, 6.07) is 11.9. The van der Waals surface area contributed by atoms with Gasteiger partial charge in [-0.05, 0) is 48.2 Å². The number of carbonyl (C=O) groups excluding carboxylic acids is 1. The zero-order chi connectivity index (χ0) is 21.8. The Bertz CT molecular complexity index is 959. The number of nitrogens with zero attached hydrogens (tertiary/aromatic N) is 1. The molecule has 0 aliphatic rings. The van der Waals surface area contributed by atoms with E-state index in [1.54, 1.807) is 13.2 Å². The Kier molecular flexibility index (Phi) is 7.54. The molecular formula is C21H27ClN2O4S. The van der Waals surface area contributed by atoms with E-state index in [0.29, 0.717) is 11.6 Å². The van der Waals surface area contributed by atoms with E-state index in [4.69, 9.17) is 16.3 Å². The van der Waals surface area contributed by atoms with Crippen LogP contribution in [0.1, 0.15) is 42.2 Å². The van der Waals surface area contributed by atoms with Crippen LogP contribution in [0.2, 0.25) is 5.02 Å². The van der Waals surface area contributed by atoms with Gasteiger partial charge in [0, 0.05) is 7.05 Å². The fraction of sp³-hybridized carbons (Fsp3) is 0.381. The molecule has 0 aliphatic heterocycles. The summed E-state index contributed by atoms with van der Waals surface area (Å²) < 4.78 is 29.9. The molecule has 0 unspecified atom stereocenters. The van der Waals surface area contributed by atoms with Crippen LogP contribution in [-0.4, -0.2) is 34.7 Å². The Labute approximate surface area is 177 Å². The lowest BCUT2D eigenvalue weighted by Crippen LogP contribution is -2.30. The zero-order valence-corrected chi connectivity index (χ0v) is 18.8. The van der Waals surface area contributed by atoms with Crippen molar-refractivity contribution in [1.82, 2.24) is 5.32 Å². The lowest BCUT2D eigenvalue weighted by molar-refractivity contribution is 0.0932. The first kappa shape index (κ1) is 23.0. The smallest absolute Gasteiger partial charge is 0.253 e. The van der Waals surface area contributed by atoms with Crippen molar-refractivity contribution in [1.29, 1.82) is 0 Å². The van der Waals surface area contributed by atoms with Gasteiger partial charge in [0.15, 0.2) is 0 Å². The zero-order valence-electron chi connectivity index (χ0n) is 17.3. The van der Waals surface area contributed by atoms with Crippen LogP contribution >= 0.6 is 11.6 Å². The van der Waals surface area contributed by atoms with Crippen molar-refractivity contribution in [3.05, 3.63) is 58.6 Å².